The molecule has 0 fully saturated rings. The lowest BCUT2D eigenvalue weighted by Crippen LogP contribution is -2.30. The fourth-order valence-electron chi connectivity index (χ4n) is 3.88. The van der Waals surface area contributed by atoms with Gasteiger partial charge in [0.1, 0.15) is 11.5 Å². The molecule has 4 rings (SSSR count). The third-order valence-electron chi connectivity index (χ3n) is 5.51. The predicted molar refractivity (Wildman–Crippen MR) is 116 cm³/mol. The average molecular weight is 436 g/mol. The lowest BCUT2D eigenvalue weighted by molar-refractivity contribution is 0.0776. The summed E-state index contributed by atoms with van der Waals surface area (Å²) in [4.78, 5) is 29.8. The SMILES string of the molecule is CCC(NC(=O)c1cc(C(=O)NCc2cncc(F)c2)n2c1COCC2)c1ccccc1. The number of halogens is 1. The second-order valence-electron chi connectivity index (χ2n) is 7.63. The van der Waals surface area contributed by atoms with Crippen molar-refractivity contribution in [1.82, 2.24) is 20.2 Å². The van der Waals surface area contributed by atoms with E-state index in [9.17, 15) is 14.0 Å². The van der Waals surface area contributed by atoms with Crippen LogP contribution >= 0.6 is 0 Å². The molecule has 1 aromatic carbocycles. The number of nitrogens with zero attached hydrogens (tertiary/aromatic N) is 2. The highest BCUT2D eigenvalue weighted by Gasteiger charge is 2.27. The van der Waals surface area contributed by atoms with E-state index in [2.05, 4.69) is 15.6 Å². The third-order valence-corrected chi connectivity index (χ3v) is 5.51. The van der Waals surface area contributed by atoms with Gasteiger partial charge in [-0.1, -0.05) is 37.3 Å². The van der Waals surface area contributed by atoms with Crippen LogP contribution in [0.3, 0.4) is 0 Å². The summed E-state index contributed by atoms with van der Waals surface area (Å²) in [5.41, 5.74) is 3.06. The Morgan fingerprint density at radius 1 is 1.19 bits per heavy atom. The van der Waals surface area contributed by atoms with Crippen molar-refractivity contribution < 1.29 is 18.7 Å². The molecule has 0 radical (unpaired) electrons. The molecule has 1 atom stereocenters. The molecule has 0 aliphatic carbocycles. The van der Waals surface area contributed by atoms with Crippen LogP contribution in [0.15, 0.2) is 54.9 Å². The van der Waals surface area contributed by atoms with Crippen LogP contribution in [0, 0.1) is 5.82 Å². The Bertz CT molecular complexity index is 1110. The zero-order chi connectivity index (χ0) is 22.5. The van der Waals surface area contributed by atoms with E-state index in [-0.39, 0.29) is 31.0 Å². The number of carbonyl (C=O) groups is 2. The molecule has 1 aliphatic rings. The molecule has 1 aliphatic heterocycles. The molecule has 2 aromatic heterocycles. The summed E-state index contributed by atoms with van der Waals surface area (Å²) in [6.45, 7) is 3.33. The van der Waals surface area contributed by atoms with E-state index in [1.54, 1.807) is 6.07 Å². The summed E-state index contributed by atoms with van der Waals surface area (Å²) in [6, 6.07) is 12.6. The molecule has 32 heavy (non-hydrogen) atoms. The molecule has 2 N–H and O–H groups in total. The fourth-order valence-corrected chi connectivity index (χ4v) is 3.88. The van der Waals surface area contributed by atoms with Gasteiger partial charge in [0.25, 0.3) is 11.8 Å². The monoisotopic (exact) mass is 436 g/mol. The van der Waals surface area contributed by atoms with E-state index in [1.807, 2.05) is 41.8 Å². The van der Waals surface area contributed by atoms with Gasteiger partial charge in [-0.25, -0.2) is 4.39 Å². The molecule has 3 heterocycles. The summed E-state index contributed by atoms with van der Waals surface area (Å²) in [7, 11) is 0. The van der Waals surface area contributed by atoms with Crippen molar-refractivity contribution in [3.8, 4) is 0 Å². The molecule has 0 spiro atoms. The van der Waals surface area contributed by atoms with Crippen LogP contribution in [0.1, 0.15) is 57.1 Å². The summed E-state index contributed by atoms with van der Waals surface area (Å²) < 4.78 is 20.7. The first-order valence-electron chi connectivity index (χ1n) is 10.6. The maximum Gasteiger partial charge on any atom is 0.268 e. The zero-order valence-electron chi connectivity index (χ0n) is 17.8. The normalized spacial score (nSPS) is 13.8. The van der Waals surface area contributed by atoms with E-state index < -0.39 is 5.82 Å². The van der Waals surface area contributed by atoms with Crippen LogP contribution in [-0.2, 0) is 24.4 Å². The highest BCUT2D eigenvalue weighted by molar-refractivity contribution is 6.00. The number of nitrogens with one attached hydrogen (secondary N) is 2. The molecule has 0 saturated heterocycles. The maximum absolute atomic E-state index is 13.4. The molecule has 2 amide bonds. The standard InChI is InChI=1S/C24H25FN4O3/c1-2-20(17-6-4-3-5-7-17)28-23(30)19-11-21(29-8-9-32-15-22(19)29)24(31)27-13-16-10-18(25)14-26-12-16/h3-7,10-12,14,20H,2,8-9,13,15H2,1H3,(H,27,31)(H,28,30). The quantitative estimate of drug-likeness (QED) is 0.595. The van der Waals surface area contributed by atoms with Crippen LogP contribution in [0.25, 0.3) is 0 Å². The Labute approximate surface area is 185 Å². The zero-order valence-corrected chi connectivity index (χ0v) is 17.8. The number of rotatable bonds is 7. The summed E-state index contributed by atoms with van der Waals surface area (Å²) in [5.74, 6) is -1.05. The molecule has 0 saturated carbocycles. The highest BCUT2D eigenvalue weighted by atomic mass is 19.1. The lowest BCUT2D eigenvalue weighted by Gasteiger charge is -2.20. The van der Waals surface area contributed by atoms with Gasteiger partial charge in [-0.05, 0) is 29.7 Å². The second kappa shape index (κ2) is 9.74. The Hall–Kier alpha value is -3.52. The number of aromatic nitrogens is 2. The first-order valence-corrected chi connectivity index (χ1v) is 10.6. The van der Waals surface area contributed by atoms with Gasteiger partial charge in [-0.2, -0.15) is 0 Å². The molecule has 166 valence electrons. The number of fused-ring (bicyclic) bond motifs is 1. The van der Waals surface area contributed by atoms with Crippen LogP contribution in [0.5, 0.6) is 0 Å². The number of ether oxygens (including phenoxy) is 1. The number of amides is 2. The van der Waals surface area contributed by atoms with Gasteiger partial charge in [-0.3, -0.25) is 14.6 Å². The topological polar surface area (TPSA) is 85.3 Å². The van der Waals surface area contributed by atoms with Crippen LogP contribution in [0.4, 0.5) is 4.39 Å². The number of benzene rings is 1. The minimum atomic E-state index is -0.461. The maximum atomic E-state index is 13.4. The van der Waals surface area contributed by atoms with Gasteiger partial charge in [-0.15, -0.1) is 0 Å². The third kappa shape index (κ3) is 4.70. The summed E-state index contributed by atoms with van der Waals surface area (Å²) in [6.07, 6.45) is 3.34. The molecule has 8 heteroatoms. The molecule has 7 nitrogen and oxygen atoms in total. The van der Waals surface area contributed by atoms with Crippen molar-refractivity contribution >= 4 is 11.8 Å². The summed E-state index contributed by atoms with van der Waals surface area (Å²) in [5, 5.41) is 5.86. The molecule has 3 aromatic rings. The van der Waals surface area contributed by atoms with Gasteiger partial charge in [0.2, 0.25) is 0 Å². The smallest absolute Gasteiger partial charge is 0.268 e. The average Bonchev–Trinajstić information content (AvgIpc) is 3.21. The first-order chi connectivity index (χ1) is 15.6. The van der Waals surface area contributed by atoms with Crippen molar-refractivity contribution in [2.75, 3.05) is 6.61 Å². The van der Waals surface area contributed by atoms with Gasteiger partial charge in [0, 0.05) is 19.3 Å². The predicted octanol–water partition coefficient (Wildman–Crippen LogP) is 3.36. The van der Waals surface area contributed by atoms with Gasteiger partial charge in [0.05, 0.1) is 36.7 Å². The van der Waals surface area contributed by atoms with Crippen molar-refractivity contribution in [2.24, 2.45) is 0 Å². The Balaban J connectivity index is 1.54. The van der Waals surface area contributed by atoms with Crippen molar-refractivity contribution in [3.63, 3.8) is 0 Å². The van der Waals surface area contributed by atoms with Crippen molar-refractivity contribution in [2.45, 2.75) is 39.1 Å². The van der Waals surface area contributed by atoms with E-state index >= 15 is 0 Å². The van der Waals surface area contributed by atoms with Crippen LogP contribution in [-0.4, -0.2) is 28.0 Å². The number of pyridine rings is 1. The Morgan fingerprint density at radius 2 is 2.00 bits per heavy atom. The lowest BCUT2D eigenvalue weighted by atomic mass is 10.0. The molecular formula is C24H25FN4O3. The van der Waals surface area contributed by atoms with E-state index in [0.29, 0.717) is 35.7 Å². The van der Waals surface area contributed by atoms with Gasteiger partial charge in [0.15, 0.2) is 0 Å². The molecular weight excluding hydrogens is 411 g/mol. The minimum absolute atomic E-state index is 0.133. The number of hydrogen-bond donors (Lipinski definition) is 2. The van der Waals surface area contributed by atoms with Crippen LogP contribution in [0.2, 0.25) is 0 Å². The van der Waals surface area contributed by atoms with Crippen molar-refractivity contribution in [1.29, 1.82) is 0 Å². The van der Waals surface area contributed by atoms with E-state index in [4.69, 9.17) is 4.74 Å². The Kier molecular flexibility index (Phi) is 6.61. The molecule has 0 bridgehead atoms. The number of carbonyl (C=O) groups excluding carboxylic acids is 2. The van der Waals surface area contributed by atoms with Crippen LogP contribution < -0.4 is 10.6 Å². The molecule has 1 unspecified atom stereocenters. The fraction of sp³-hybridized carbons (Fsp3) is 0.292. The summed E-state index contributed by atoms with van der Waals surface area (Å²) >= 11 is 0. The van der Waals surface area contributed by atoms with Crippen molar-refractivity contribution in [3.05, 3.63) is 88.8 Å². The first kappa shape index (κ1) is 21.7. The minimum Gasteiger partial charge on any atom is -0.373 e. The number of hydrogen-bond acceptors (Lipinski definition) is 4. The van der Waals surface area contributed by atoms with E-state index in [0.717, 1.165) is 18.2 Å². The van der Waals surface area contributed by atoms with E-state index in [1.165, 1.54) is 12.3 Å². The highest BCUT2D eigenvalue weighted by Crippen LogP contribution is 2.23. The Morgan fingerprint density at radius 3 is 2.75 bits per heavy atom. The second-order valence-corrected chi connectivity index (χ2v) is 7.63. The van der Waals surface area contributed by atoms with Gasteiger partial charge >= 0.3 is 0 Å². The van der Waals surface area contributed by atoms with Gasteiger partial charge < -0.3 is 19.9 Å². The largest absolute Gasteiger partial charge is 0.373 e.